The molecule has 2 aromatic rings. The molecule has 2 fully saturated rings. The zero-order valence-corrected chi connectivity index (χ0v) is 15.4. The van der Waals surface area contributed by atoms with E-state index in [9.17, 15) is 9.18 Å². The van der Waals surface area contributed by atoms with E-state index < -0.39 is 0 Å². The summed E-state index contributed by atoms with van der Waals surface area (Å²) < 4.78 is 18.6. The fourth-order valence-corrected chi connectivity index (χ4v) is 4.19. The SMILES string of the molecule is O=C1NC2(CCN(CCOc3ccc(F)cc3)CC2)C[C@@H]1c1ccccc1. The van der Waals surface area contributed by atoms with Gasteiger partial charge in [0.2, 0.25) is 5.91 Å². The van der Waals surface area contributed by atoms with Crippen LogP contribution in [0.1, 0.15) is 30.7 Å². The van der Waals surface area contributed by atoms with Gasteiger partial charge in [0.15, 0.2) is 0 Å². The van der Waals surface area contributed by atoms with Crippen molar-refractivity contribution in [2.24, 2.45) is 0 Å². The van der Waals surface area contributed by atoms with Crippen LogP contribution < -0.4 is 10.1 Å². The van der Waals surface area contributed by atoms with Crippen molar-refractivity contribution in [1.82, 2.24) is 10.2 Å². The molecule has 27 heavy (non-hydrogen) atoms. The molecule has 2 aliphatic rings. The predicted octanol–water partition coefficient (Wildman–Crippen LogP) is 3.34. The number of nitrogens with one attached hydrogen (secondary N) is 1. The Kier molecular flexibility index (Phi) is 5.12. The average molecular weight is 368 g/mol. The fourth-order valence-electron chi connectivity index (χ4n) is 4.19. The molecule has 0 aliphatic carbocycles. The molecule has 0 radical (unpaired) electrons. The number of piperidine rings is 1. The van der Waals surface area contributed by atoms with Crippen LogP contribution in [0, 0.1) is 5.82 Å². The first kappa shape index (κ1) is 18.0. The molecule has 0 bridgehead atoms. The Hall–Kier alpha value is -2.40. The van der Waals surface area contributed by atoms with Gasteiger partial charge < -0.3 is 10.1 Å². The largest absolute Gasteiger partial charge is 0.492 e. The van der Waals surface area contributed by atoms with Gasteiger partial charge in [0.1, 0.15) is 18.2 Å². The molecule has 5 heteroatoms. The van der Waals surface area contributed by atoms with Crippen molar-refractivity contribution in [3.63, 3.8) is 0 Å². The molecule has 0 saturated carbocycles. The van der Waals surface area contributed by atoms with Gasteiger partial charge in [-0.2, -0.15) is 0 Å². The first-order chi connectivity index (χ1) is 13.1. The number of ether oxygens (including phenoxy) is 1. The zero-order valence-electron chi connectivity index (χ0n) is 15.4. The van der Waals surface area contributed by atoms with E-state index in [-0.39, 0.29) is 23.2 Å². The normalized spacial score (nSPS) is 22.0. The Balaban J connectivity index is 1.26. The summed E-state index contributed by atoms with van der Waals surface area (Å²) in [7, 11) is 0. The van der Waals surface area contributed by atoms with Crippen molar-refractivity contribution in [2.45, 2.75) is 30.7 Å². The average Bonchev–Trinajstić information content (AvgIpc) is 3.02. The number of nitrogens with zero attached hydrogens (tertiary/aromatic N) is 1. The van der Waals surface area contributed by atoms with Crippen LogP contribution in [0.3, 0.4) is 0 Å². The molecule has 1 atom stereocenters. The predicted molar refractivity (Wildman–Crippen MR) is 102 cm³/mol. The number of carbonyl (C=O) groups excluding carboxylic acids is 1. The third kappa shape index (κ3) is 4.14. The highest BCUT2D eigenvalue weighted by atomic mass is 19.1. The molecule has 0 aromatic heterocycles. The second kappa shape index (κ2) is 7.69. The van der Waals surface area contributed by atoms with E-state index in [0.29, 0.717) is 12.4 Å². The molecular formula is C22H25FN2O2. The maximum Gasteiger partial charge on any atom is 0.228 e. The van der Waals surface area contributed by atoms with Crippen LogP contribution >= 0.6 is 0 Å². The van der Waals surface area contributed by atoms with Gasteiger partial charge in [0, 0.05) is 25.2 Å². The first-order valence-electron chi connectivity index (χ1n) is 9.61. The minimum absolute atomic E-state index is 0.0282. The number of benzene rings is 2. The molecule has 4 nitrogen and oxygen atoms in total. The van der Waals surface area contributed by atoms with Gasteiger partial charge in [0.05, 0.1) is 5.92 Å². The molecule has 1 amide bonds. The van der Waals surface area contributed by atoms with Crippen molar-refractivity contribution >= 4 is 5.91 Å². The Labute approximate surface area is 159 Å². The highest BCUT2D eigenvalue weighted by Crippen LogP contribution is 2.39. The lowest BCUT2D eigenvalue weighted by Gasteiger charge is -2.39. The second-order valence-electron chi connectivity index (χ2n) is 7.58. The summed E-state index contributed by atoms with van der Waals surface area (Å²) in [5, 5.41) is 3.29. The third-order valence-electron chi connectivity index (χ3n) is 5.80. The van der Waals surface area contributed by atoms with E-state index in [1.807, 2.05) is 30.3 Å². The van der Waals surface area contributed by atoms with Crippen LogP contribution in [0.25, 0.3) is 0 Å². The molecule has 2 aromatic carbocycles. The Bertz CT molecular complexity index is 771. The standard InChI is InChI=1S/C22H25FN2O2/c23-18-6-8-19(9-7-18)27-15-14-25-12-10-22(11-13-25)16-20(21(26)24-22)17-4-2-1-3-5-17/h1-9,20H,10-16H2,(H,24,26)/t20-/m1/s1. The molecule has 2 aliphatic heterocycles. The number of likely N-dealkylation sites (tertiary alicyclic amines) is 1. The van der Waals surface area contributed by atoms with E-state index in [2.05, 4.69) is 10.2 Å². The minimum Gasteiger partial charge on any atom is -0.492 e. The number of amides is 1. The maximum atomic E-state index is 12.9. The molecule has 1 spiro atoms. The highest BCUT2D eigenvalue weighted by Gasteiger charge is 2.45. The minimum atomic E-state index is -0.254. The maximum absolute atomic E-state index is 12.9. The number of hydrogen-bond acceptors (Lipinski definition) is 3. The lowest BCUT2D eigenvalue weighted by molar-refractivity contribution is -0.121. The Morgan fingerprint density at radius 3 is 2.48 bits per heavy atom. The smallest absolute Gasteiger partial charge is 0.228 e. The third-order valence-corrected chi connectivity index (χ3v) is 5.80. The quantitative estimate of drug-likeness (QED) is 0.880. The van der Waals surface area contributed by atoms with Gasteiger partial charge in [-0.05, 0) is 49.1 Å². The van der Waals surface area contributed by atoms with Gasteiger partial charge >= 0.3 is 0 Å². The number of halogens is 1. The van der Waals surface area contributed by atoms with E-state index >= 15 is 0 Å². The first-order valence-corrected chi connectivity index (χ1v) is 9.61. The lowest BCUT2D eigenvalue weighted by Crippen LogP contribution is -2.51. The number of rotatable bonds is 5. The van der Waals surface area contributed by atoms with Gasteiger partial charge in [-0.15, -0.1) is 0 Å². The van der Waals surface area contributed by atoms with E-state index in [4.69, 9.17) is 4.74 Å². The lowest BCUT2D eigenvalue weighted by atomic mass is 9.82. The van der Waals surface area contributed by atoms with Crippen molar-refractivity contribution in [1.29, 1.82) is 0 Å². The summed E-state index contributed by atoms with van der Waals surface area (Å²) in [4.78, 5) is 14.9. The van der Waals surface area contributed by atoms with Crippen molar-refractivity contribution in [3.05, 3.63) is 66.0 Å². The molecule has 1 N–H and O–H groups in total. The van der Waals surface area contributed by atoms with Crippen LogP contribution in [-0.2, 0) is 4.79 Å². The van der Waals surface area contributed by atoms with Crippen molar-refractivity contribution < 1.29 is 13.9 Å². The molecule has 2 saturated heterocycles. The summed E-state index contributed by atoms with van der Waals surface area (Å²) >= 11 is 0. The van der Waals surface area contributed by atoms with Gasteiger partial charge in [-0.1, -0.05) is 30.3 Å². The Morgan fingerprint density at radius 2 is 1.78 bits per heavy atom. The van der Waals surface area contributed by atoms with Gasteiger partial charge in [-0.25, -0.2) is 4.39 Å². The summed E-state index contributed by atoms with van der Waals surface area (Å²) in [6, 6.07) is 16.2. The topological polar surface area (TPSA) is 41.6 Å². The van der Waals surface area contributed by atoms with Crippen LogP contribution in [0.2, 0.25) is 0 Å². The molecule has 142 valence electrons. The van der Waals surface area contributed by atoms with E-state index in [1.54, 1.807) is 12.1 Å². The monoisotopic (exact) mass is 368 g/mol. The van der Waals surface area contributed by atoms with Gasteiger partial charge in [0.25, 0.3) is 0 Å². The molecule has 4 rings (SSSR count). The van der Waals surface area contributed by atoms with Crippen LogP contribution in [0.4, 0.5) is 4.39 Å². The summed E-state index contributed by atoms with van der Waals surface area (Å²) in [6.07, 6.45) is 2.83. The van der Waals surface area contributed by atoms with E-state index in [1.165, 1.54) is 12.1 Å². The summed E-state index contributed by atoms with van der Waals surface area (Å²) in [5.74, 6) is 0.573. The van der Waals surface area contributed by atoms with Crippen LogP contribution in [0.5, 0.6) is 5.75 Å². The van der Waals surface area contributed by atoms with Crippen LogP contribution in [-0.4, -0.2) is 42.6 Å². The molecular weight excluding hydrogens is 343 g/mol. The molecule has 2 heterocycles. The zero-order chi connectivity index (χ0) is 18.7. The van der Waals surface area contributed by atoms with Crippen LogP contribution in [0.15, 0.2) is 54.6 Å². The molecule has 0 unspecified atom stereocenters. The number of hydrogen-bond donors (Lipinski definition) is 1. The number of carbonyl (C=O) groups is 1. The highest BCUT2D eigenvalue weighted by molar-refractivity contribution is 5.87. The second-order valence-corrected chi connectivity index (χ2v) is 7.58. The summed E-state index contributed by atoms with van der Waals surface area (Å²) in [5.41, 5.74) is 1.05. The van der Waals surface area contributed by atoms with E-state index in [0.717, 1.165) is 44.5 Å². The van der Waals surface area contributed by atoms with Crippen molar-refractivity contribution in [2.75, 3.05) is 26.2 Å². The van der Waals surface area contributed by atoms with Gasteiger partial charge in [-0.3, -0.25) is 9.69 Å². The Morgan fingerprint density at radius 1 is 1.07 bits per heavy atom. The van der Waals surface area contributed by atoms with Crippen molar-refractivity contribution in [3.8, 4) is 5.75 Å². The fraction of sp³-hybridized carbons (Fsp3) is 0.409. The summed E-state index contributed by atoms with van der Waals surface area (Å²) in [6.45, 7) is 3.32.